The van der Waals surface area contributed by atoms with Crippen LogP contribution in [0.2, 0.25) is 0 Å². The number of nitrogens with one attached hydrogen (secondary N) is 1. The predicted molar refractivity (Wildman–Crippen MR) is 81.3 cm³/mol. The van der Waals surface area contributed by atoms with Gasteiger partial charge >= 0.3 is 0 Å². The van der Waals surface area contributed by atoms with Crippen molar-refractivity contribution in [2.24, 2.45) is 5.92 Å². The molecule has 0 aliphatic heterocycles. The van der Waals surface area contributed by atoms with Crippen molar-refractivity contribution in [1.29, 1.82) is 0 Å². The van der Waals surface area contributed by atoms with Gasteiger partial charge in [-0.15, -0.1) is 0 Å². The molecular formula is C16H16BrNO. The first kappa shape index (κ1) is 12.7. The Morgan fingerprint density at radius 2 is 1.84 bits per heavy atom. The first-order valence-electron chi connectivity index (χ1n) is 6.62. The maximum atomic E-state index is 12.1. The van der Waals surface area contributed by atoms with E-state index < -0.39 is 0 Å². The maximum Gasteiger partial charge on any atom is 0.251 e. The molecule has 19 heavy (non-hydrogen) atoms. The monoisotopic (exact) mass is 317 g/mol. The van der Waals surface area contributed by atoms with Crippen LogP contribution >= 0.6 is 15.9 Å². The number of fused-ring (bicyclic) bond motifs is 1. The average molecular weight is 318 g/mol. The van der Waals surface area contributed by atoms with Gasteiger partial charge in [-0.3, -0.25) is 4.79 Å². The molecule has 3 rings (SSSR count). The van der Waals surface area contributed by atoms with Crippen molar-refractivity contribution >= 4 is 32.6 Å². The van der Waals surface area contributed by atoms with Crippen LogP contribution in [-0.4, -0.2) is 11.9 Å². The Kier molecular flexibility index (Phi) is 3.31. The van der Waals surface area contributed by atoms with Gasteiger partial charge < -0.3 is 5.32 Å². The fourth-order valence-corrected chi connectivity index (χ4v) is 3.03. The van der Waals surface area contributed by atoms with Crippen LogP contribution in [0.1, 0.15) is 30.1 Å². The Balaban J connectivity index is 1.80. The molecule has 3 heteroatoms. The van der Waals surface area contributed by atoms with Gasteiger partial charge in [-0.1, -0.05) is 35.0 Å². The van der Waals surface area contributed by atoms with Crippen molar-refractivity contribution < 1.29 is 4.79 Å². The fourth-order valence-electron chi connectivity index (χ4n) is 2.65. The number of carbonyl (C=O) groups is 1. The molecule has 0 saturated heterocycles. The smallest absolute Gasteiger partial charge is 0.251 e. The lowest BCUT2D eigenvalue weighted by Crippen LogP contribution is -2.43. The largest absolute Gasteiger partial charge is 0.349 e. The van der Waals surface area contributed by atoms with Crippen LogP contribution in [0.3, 0.4) is 0 Å². The summed E-state index contributed by atoms with van der Waals surface area (Å²) in [4.78, 5) is 12.1. The summed E-state index contributed by atoms with van der Waals surface area (Å²) in [5, 5.41) is 5.33. The molecular weight excluding hydrogens is 302 g/mol. The van der Waals surface area contributed by atoms with Gasteiger partial charge in [-0.05, 0) is 53.8 Å². The second-order valence-corrected chi connectivity index (χ2v) is 6.37. The molecule has 0 aromatic heterocycles. The number of hydrogen-bond acceptors (Lipinski definition) is 1. The zero-order valence-electron chi connectivity index (χ0n) is 10.8. The van der Waals surface area contributed by atoms with Crippen molar-refractivity contribution in [2.75, 3.05) is 0 Å². The Labute approximate surface area is 121 Å². The van der Waals surface area contributed by atoms with E-state index in [0.29, 0.717) is 6.04 Å². The number of amides is 1. The van der Waals surface area contributed by atoms with Gasteiger partial charge in [0, 0.05) is 16.1 Å². The van der Waals surface area contributed by atoms with E-state index in [1.165, 1.54) is 0 Å². The molecule has 0 radical (unpaired) electrons. The zero-order chi connectivity index (χ0) is 13.4. The molecule has 2 nitrogen and oxygen atoms in total. The highest BCUT2D eigenvalue weighted by atomic mass is 79.9. The van der Waals surface area contributed by atoms with Crippen LogP contribution < -0.4 is 5.32 Å². The summed E-state index contributed by atoms with van der Waals surface area (Å²) in [6.07, 6.45) is 2.21. The quantitative estimate of drug-likeness (QED) is 0.886. The van der Waals surface area contributed by atoms with Gasteiger partial charge in [0.2, 0.25) is 0 Å². The van der Waals surface area contributed by atoms with E-state index in [2.05, 4.69) is 34.2 Å². The van der Waals surface area contributed by atoms with Crippen molar-refractivity contribution in [3.05, 3.63) is 46.4 Å². The van der Waals surface area contributed by atoms with E-state index in [4.69, 9.17) is 0 Å². The summed E-state index contributed by atoms with van der Waals surface area (Å²) in [5.74, 6) is 0.793. The first-order valence-corrected chi connectivity index (χ1v) is 7.41. The fraction of sp³-hybridized carbons (Fsp3) is 0.312. The number of rotatable bonds is 2. The minimum atomic E-state index is 0.0433. The van der Waals surface area contributed by atoms with Gasteiger partial charge in [0.1, 0.15) is 0 Å². The molecule has 1 amide bonds. The highest BCUT2D eigenvalue weighted by Gasteiger charge is 2.26. The molecule has 0 atom stereocenters. The normalized spacial score (nSPS) is 22.0. The Hall–Kier alpha value is -1.35. The summed E-state index contributed by atoms with van der Waals surface area (Å²) in [7, 11) is 0. The SMILES string of the molecule is CC1CC(NC(=O)c2ccc3cc(Br)ccc3c2)C1. The third kappa shape index (κ3) is 2.66. The molecule has 0 heterocycles. The van der Waals surface area contributed by atoms with Crippen molar-refractivity contribution in [3.8, 4) is 0 Å². The molecule has 1 fully saturated rings. The number of hydrogen-bond donors (Lipinski definition) is 1. The lowest BCUT2D eigenvalue weighted by atomic mass is 9.82. The topological polar surface area (TPSA) is 29.1 Å². The second-order valence-electron chi connectivity index (χ2n) is 5.45. The number of carbonyl (C=O) groups excluding carboxylic acids is 1. The second kappa shape index (κ2) is 4.97. The minimum absolute atomic E-state index is 0.0433. The van der Waals surface area contributed by atoms with Crippen molar-refractivity contribution in [2.45, 2.75) is 25.8 Å². The molecule has 1 aliphatic carbocycles. The summed E-state index contributed by atoms with van der Waals surface area (Å²) in [5.41, 5.74) is 0.745. The molecule has 1 aliphatic rings. The van der Waals surface area contributed by atoms with E-state index in [9.17, 15) is 4.79 Å². The van der Waals surface area contributed by atoms with Crippen LogP contribution in [-0.2, 0) is 0 Å². The summed E-state index contributed by atoms with van der Waals surface area (Å²) >= 11 is 3.46. The highest BCUT2D eigenvalue weighted by Crippen LogP contribution is 2.27. The number of benzene rings is 2. The van der Waals surface area contributed by atoms with Gasteiger partial charge in [0.05, 0.1) is 0 Å². The van der Waals surface area contributed by atoms with E-state index in [1.807, 2.05) is 30.3 Å². The van der Waals surface area contributed by atoms with Crippen LogP contribution in [0.5, 0.6) is 0 Å². The van der Waals surface area contributed by atoms with E-state index in [1.54, 1.807) is 0 Å². The molecule has 0 spiro atoms. The molecule has 2 aromatic rings. The molecule has 0 unspecified atom stereocenters. The van der Waals surface area contributed by atoms with Gasteiger partial charge in [0.15, 0.2) is 0 Å². The summed E-state index contributed by atoms with van der Waals surface area (Å²) < 4.78 is 1.06. The Morgan fingerprint density at radius 3 is 2.58 bits per heavy atom. The average Bonchev–Trinajstić information content (AvgIpc) is 2.36. The van der Waals surface area contributed by atoms with Gasteiger partial charge in [-0.2, -0.15) is 0 Å². The lowest BCUT2D eigenvalue weighted by Gasteiger charge is -2.33. The predicted octanol–water partition coefficient (Wildman–Crippen LogP) is 4.13. The van der Waals surface area contributed by atoms with Gasteiger partial charge in [0.25, 0.3) is 5.91 Å². The zero-order valence-corrected chi connectivity index (χ0v) is 12.4. The van der Waals surface area contributed by atoms with Gasteiger partial charge in [-0.25, -0.2) is 0 Å². The molecule has 2 aromatic carbocycles. The summed E-state index contributed by atoms with van der Waals surface area (Å²) in [6, 6.07) is 12.3. The molecule has 0 bridgehead atoms. The highest BCUT2D eigenvalue weighted by molar-refractivity contribution is 9.10. The molecule has 1 saturated carbocycles. The maximum absolute atomic E-state index is 12.1. The van der Waals surface area contributed by atoms with Crippen LogP contribution in [0, 0.1) is 5.92 Å². The lowest BCUT2D eigenvalue weighted by molar-refractivity contribution is 0.0896. The van der Waals surface area contributed by atoms with Crippen LogP contribution in [0.15, 0.2) is 40.9 Å². The first-order chi connectivity index (χ1) is 9.11. The van der Waals surface area contributed by atoms with E-state index in [0.717, 1.165) is 39.6 Å². The van der Waals surface area contributed by atoms with E-state index >= 15 is 0 Å². The standard InChI is InChI=1S/C16H16BrNO/c1-10-6-15(7-10)18-16(19)13-3-2-12-9-14(17)5-4-11(12)8-13/h2-5,8-10,15H,6-7H2,1H3,(H,18,19). The Morgan fingerprint density at radius 1 is 1.16 bits per heavy atom. The van der Waals surface area contributed by atoms with Crippen LogP contribution in [0.25, 0.3) is 10.8 Å². The molecule has 1 N–H and O–H groups in total. The third-order valence-corrected chi connectivity index (χ3v) is 4.27. The van der Waals surface area contributed by atoms with E-state index in [-0.39, 0.29) is 5.91 Å². The van der Waals surface area contributed by atoms with Crippen LogP contribution in [0.4, 0.5) is 0 Å². The number of halogens is 1. The third-order valence-electron chi connectivity index (χ3n) is 3.77. The van der Waals surface area contributed by atoms with Crippen molar-refractivity contribution in [1.82, 2.24) is 5.32 Å². The minimum Gasteiger partial charge on any atom is -0.349 e. The van der Waals surface area contributed by atoms with Crippen molar-refractivity contribution in [3.63, 3.8) is 0 Å². The Bertz CT molecular complexity index is 632. The summed E-state index contributed by atoms with van der Waals surface area (Å²) in [6.45, 7) is 2.22. The molecule has 98 valence electrons.